The average Bonchev–Trinajstić information content (AvgIpc) is 2.29. The van der Waals surface area contributed by atoms with Crippen LogP contribution in [0.15, 0.2) is 18.3 Å². The molecule has 0 saturated carbocycles. The zero-order valence-electron chi connectivity index (χ0n) is 9.24. The predicted molar refractivity (Wildman–Crippen MR) is 63.6 cm³/mol. The molecule has 0 saturated heterocycles. The van der Waals surface area contributed by atoms with E-state index < -0.39 is 0 Å². The van der Waals surface area contributed by atoms with Gasteiger partial charge in [0.1, 0.15) is 5.82 Å². The Bertz CT molecular complexity index is 276. The van der Waals surface area contributed by atoms with Gasteiger partial charge in [-0.25, -0.2) is 4.98 Å². The minimum atomic E-state index is 0.515. The van der Waals surface area contributed by atoms with Crippen molar-refractivity contribution in [2.75, 3.05) is 32.2 Å². The van der Waals surface area contributed by atoms with Crippen LogP contribution in [0, 0.1) is 0 Å². The lowest BCUT2D eigenvalue weighted by Crippen LogP contribution is -2.20. The number of hydrogen-bond donors (Lipinski definition) is 0. The van der Waals surface area contributed by atoms with Gasteiger partial charge in [0.15, 0.2) is 0 Å². The number of nitrogens with zero attached hydrogens (tertiary/aromatic N) is 2. The fraction of sp³-hybridized carbons (Fsp3) is 0.545. The molecule has 0 N–H and O–H groups in total. The molecule has 1 rings (SSSR count). The van der Waals surface area contributed by atoms with Crippen molar-refractivity contribution in [1.29, 1.82) is 0 Å². The third-order valence-corrected chi connectivity index (χ3v) is 2.51. The van der Waals surface area contributed by atoms with Gasteiger partial charge in [-0.05, 0) is 18.1 Å². The standard InChI is InChI=1S/C11H17ClN2O/c1-14(6-3-7-15-2)11-5-4-10(8-12)9-13-11/h4-5,9H,3,6-8H2,1-2H3. The Labute approximate surface area is 96.0 Å². The number of aromatic nitrogens is 1. The SMILES string of the molecule is COCCCN(C)c1ccc(CCl)cn1. The zero-order valence-corrected chi connectivity index (χ0v) is 10.00. The van der Waals surface area contributed by atoms with Crippen LogP contribution >= 0.6 is 11.6 Å². The Balaban J connectivity index is 2.46. The quantitative estimate of drug-likeness (QED) is 0.552. The molecule has 0 aliphatic carbocycles. The van der Waals surface area contributed by atoms with Crippen molar-refractivity contribution in [3.8, 4) is 0 Å². The first-order valence-electron chi connectivity index (χ1n) is 4.99. The van der Waals surface area contributed by atoms with Crippen LogP contribution in [0.25, 0.3) is 0 Å². The van der Waals surface area contributed by atoms with Gasteiger partial charge >= 0.3 is 0 Å². The topological polar surface area (TPSA) is 25.4 Å². The van der Waals surface area contributed by atoms with Gasteiger partial charge < -0.3 is 9.64 Å². The van der Waals surface area contributed by atoms with Crippen molar-refractivity contribution in [2.45, 2.75) is 12.3 Å². The maximum absolute atomic E-state index is 5.69. The van der Waals surface area contributed by atoms with E-state index in [4.69, 9.17) is 16.3 Å². The summed E-state index contributed by atoms with van der Waals surface area (Å²) in [6.07, 6.45) is 2.82. The summed E-state index contributed by atoms with van der Waals surface area (Å²) >= 11 is 5.69. The lowest BCUT2D eigenvalue weighted by Gasteiger charge is -2.17. The van der Waals surface area contributed by atoms with Gasteiger partial charge in [0.05, 0.1) is 0 Å². The van der Waals surface area contributed by atoms with Gasteiger partial charge in [-0.1, -0.05) is 6.07 Å². The molecule has 0 bridgehead atoms. The molecule has 0 aliphatic rings. The first kappa shape index (κ1) is 12.3. The molecule has 0 aliphatic heterocycles. The normalized spacial score (nSPS) is 10.3. The van der Waals surface area contributed by atoms with E-state index >= 15 is 0 Å². The van der Waals surface area contributed by atoms with Crippen molar-refractivity contribution in [3.05, 3.63) is 23.9 Å². The molecule has 0 amide bonds. The molecule has 0 fully saturated rings. The minimum absolute atomic E-state index is 0.515. The molecule has 4 heteroatoms. The number of anilines is 1. The Hall–Kier alpha value is -0.800. The molecule has 0 aromatic carbocycles. The van der Waals surface area contributed by atoms with Gasteiger partial charge in [0.25, 0.3) is 0 Å². The second-order valence-electron chi connectivity index (χ2n) is 3.43. The van der Waals surface area contributed by atoms with Gasteiger partial charge in [0, 0.05) is 39.4 Å². The summed E-state index contributed by atoms with van der Waals surface area (Å²) in [4.78, 5) is 6.44. The maximum atomic E-state index is 5.69. The Morgan fingerprint density at radius 1 is 1.47 bits per heavy atom. The maximum Gasteiger partial charge on any atom is 0.128 e. The van der Waals surface area contributed by atoms with Crippen LogP contribution in [0.1, 0.15) is 12.0 Å². The minimum Gasteiger partial charge on any atom is -0.385 e. The third kappa shape index (κ3) is 4.06. The Morgan fingerprint density at radius 3 is 2.80 bits per heavy atom. The van der Waals surface area contributed by atoms with E-state index in [2.05, 4.69) is 9.88 Å². The van der Waals surface area contributed by atoms with Crippen molar-refractivity contribution in [1.82, 2.24) is 4.98 Å². The summed E-state index contributed by atoms with van der Waals surface area (Å²) in [5, 5.41) is 0. The first-order valence-corrected chi connectivity index (χ1v) is 5.52. The molecule has 1 aromatic heterocycles. The van der Waals surface area contributed by atoms with Crippen LogP contribution < -0.4 is 4.90 Å². The van der Waals surface area contributed by atoms with Crippen LogP contribution in [-0.2, 0) is 10.6 Å². The van der Waals surface area contributed by atoms with E-state index in [-0.39, 0.29) is 0 Å². The molecular formula is C11H17ClN2O. The predicted octanol–water partition coefficient (Wildman–Crippen LogP) is 2.29. The van der Waals surface area contributed by atoms with E-state index in [0.29, 0.717) is 5.88 Å². The van der Waals surface area contributed by atoms with E-state index in [0.717, 1.165) is 31.0 Å². The lowest BCUT2D eigenvalue weighted by molar-refractivity contribution is 0.196. The van der Waals surface area contributed by atoms with Crippen LogP contribution in [0.3, 0.4) is 0 Å². The van der Waals surface area contributed by atoms with Crippen molar-refractivity contribution in [3.63, 3.8) is 0 Å². The van der Waals surface area contributed by atoms with Gasteiger partial charge in [-0.2, -0.15) is 0 Å². The molecular weight excluding hydrogens is 212 g/mol. The number of alkyl halides is 1. The summed E-state index contributed by atoms with van der Waals surface area (Å²) in [6.45, 7) is 1.73. The number of hydrogen-bond acceptors (Lipinski definition) is 3. The summed E-state index contributed by atoms with van der Waals surface area (Å²) < 4.78 is 5.00. The highest BCUT2D eigenvalue weighted by Gasteiger charge is 2.01. The van der Waals surface area contributed by atoms with Crippen LogP contribution in [-0.4, -0.2) is 32.3 Å². The van der Waals surface area contributed by atoms with Crippen molar-refractivity contribution < 1.29 is 4.74 Å². The smallest absolute Gasteiger partial charge is 0.128 e. The molecule has 3 nitrogen and oxygen atoms in total. The zero-order chi connectivity index (χ0) is 11.1. The highest BCUT2D eigenvalue weighted by molar-refractivity contribution is 6.17. The van der Waals surface area contributed by atoms with Gasteiger partial charge in [-0.15, -0.1) is 11.6 Å². The van der Waals surface area contributed by atoms with E-state index in [1.54, 1.807) is 7.11 Å². The number of halogens is 1. The Kier molecular flexibility index (Phi) is 5.43. The third-order valence-electron chi connectivity index (χ3n) is 2.20. The van der Waals surface area contributed by atoms with E-state index in [1.807, 2.05) is 25.4 Å². The van der Waals surface area contributed by atoms with Crippen molar-refractivity contribution >= 4 is 17.4 Å². The molecule has 1 heterocycles. The van der Waals surface area contributed by atoms with Crippen LogP contribution in [0.4, 0.5) is 5.82 Å². The monoisotopic (exact) mass is 228 g/mol. The second-order valence-corrected chi connectivity index (χ2v) is 3.69. The van der Waals surface area contributed by atoms with Crippen LogP contribution in [0.2, 0.25) is 0 Å². The molecule has 15 heavy (non-hydrogen) atoms. The Morgan fingerprint density at radius 2 is 2.27 bits per heavy atom. The van der Waals surface area contributed by atoms with Crippen LogP contribution in [0.5, 0.6) is 0 Å². The average molecular weight is 229 g/mol. The fourth-order valence-corrected chi connectivity index (χ4v) is 1.44. The number of methoxy groups -OCH3 is 1. The van der Waals surface area contributed by atoms with E-state index in [9.17, 15) is 0 Å². The summed E-state index contributed by atoms with van der Waals surface area (Å²) in [7, 11) is 3.74. The fourth-order valence-electron chi connectivity index (χ4n) is 1.28. The molecule has 0 atom stereocenters. The molecule has 0 unspecified atom stereocenters. The van der Waals surface area contributed by atoms with Gasteiger partial charge in [0.2, 0.25) is 0 Å². The summed E-state index contributed by atoms with van der Waals surface area (Å²) in [5.41, 5.74) is 1.05. The lowest BCUT2D eigenvalue weighted by atomic mass is 10.3. The molecule has 84 valence electrons. The largest absolute Gasteiger partial charge is 0.385 e. The number of rotatable bonds is 6. The van der Waals surface area contributed by atoms with Crippen molar-refractivity contribution in [2.24, 2.45) is 0 Å². The van der Waals surface area contributed by atoms with Gasteiger partial charge in [-0.3, -0.25) is 0 Å². The highest BCUT2D eigenvalue weighted by Crippen LogP contribution is 2.11. The molecule has 0 radical (unpaired) electrons. The molecule has 1 aromatic rings. The number of pyridine rings is 1. The first-order chi connectivity index (χ1) is 7.27. The highest BCUT2D eigenvalue weighted by atomic mass is 35.5. The molecule has 0 spiro atoms. The summed E-state index contributed by atoms with van der Waals surface area (Å²) in [5.74, 6) is 1.49. The van der Waals surface area contributed by atoms with E-state index in [1.165, 1.54) is 0 Å². The summed E-state index contributed by atoms with van der Waals surface area (Å²) in [6, 6.07) is 3.99. The second kappa shape index (κ2) is 6.64. The number of ether oxygens (including phenoxy) is 1.